The summed E-state index contributed by atoms with van der Waals surface area (Å²) in [7, 11) is 0. The quantitative estimate of drug-likeness (QED) is 0.451. The van der Waals surface area contributed by atoms with E-state index in [2.05, 4.69) is 37.1 Å². The monoisotopic (exact) mass is 477 g/mol. The van der Waals surface area contributed by atoms with E-state index in [0.717, 1.165) is 40.3 Å². The van der Waals surface area contributed by atoms with E-state index in [-0.39, 0.29) is 11.1 Å². The Kier molecular flexibility index (Phi) is 6.13. The van der Waals surface area contributed by atoms with E-state index in [4.69, 9.17) is 11.6 Å². The van der Waals surface area contributed by atoms with Gasteiger partial charge in [0.15, 0.2) is 0 Å². The van der Waals surface area contributed by atoms with Crippen molar-refractivity contribution in [2.45, 2.75) is 46.6 Å². The zero-order valence-electron chi connectivity index (χ0n) is 20.0. The zero-order chi connectivity index (χ0) is 24.8. The molecule has 2 aromatic rings. The Labute approximate surface area is 204 Å². The van der Waals surface area contributed by atoms with Crippen LogP contribution in [0.4, 0.5) is 16.2 Å². The number of amides is 4. The fraction of sp³-hybridized carbons (Fsp3) is 0.296. The van der Waals surface area contributed by atoms with Crippen LogP contribution in [0.3, 0.4) is 0 Å². The molecule has 4 rings (SSSR count). The van der Waals surface area contributed by atoms with Gasteiger partial charge in [-0.2, -0.15) is 0 Å². The first-order valence-corrected chi connectivity index (χ1v) is 11.7. The standard InChI is InChI=1S/C27H28ClN3O3/c1-6-11-30-23-14-22(28)18(12-20(23)17(3)15-27(30,4)5)13-21-24(32)29-26(34)31(25(21)33)19-9-7-16(2)8-10-19/h7-10,12-15H,6,11H2,1-5H3,(H,29,32,34)/b21-13-. The van der Waals surface area contributed by atoms with Crippen molar-refractivity contribution in [1.82, 2.24) is 5.32 Å². The highest BCUT2D eigenvalue weighted by atomic mass is 35.5. The number of hydrogen-bond acceptors (Lipinski definition) is 4. The van der Waals surface area contributed by atoms with Crippen molar-refractivity contribution >= 4 is 52.5 Å². The number of carbonyl (C=O) groups excluding carboxylic acids is 3. The third kappa shape index (κ3) is 4.14. The fourth-order valence-corrected chi connectivity index (χ4v) is 4.81. The summed E-state index contributed by atoms with van der Waals surface area (Å²) >= 11 is 6.67. The second-order valence-corrected chi connectivity index (χ2v) is 9.72. The van der Waals surface area contributed by atoms with Gasteiger partial charge in [-0.1, -0.05) is 42.3 Å². The lowest BCUT2D eigenvalue weighted by Crippen LogP contribution is -2.54. The summed E-state index contributed by atoms with van der Waals surface area (Å²) in [5, 5.41) is 2.69. The number of hydrogen-bond donors (Lipinski definition) is 1. The van der Waals surface area contributed by atoms with E-state index < -0.39 is 17.8 Å². The summed E-state index contributed by atoms with van der Waals surface area (Å²) in [6.45, 7) is 11.3. The summed E-state index contributed by atoms with van der Waals surface area (Å²) in [4.78, 5) is 41.6. The Bertz CT molecular complexity index is 1260. The molecule has 0 saturated carbocycles. The molecule has 2 aliphatic rings. The molecule has 0 bridgehead atoms. The van der Waals surface area contributed by atoms with E-state index in [1.807, 2.05) is 26.0 Å². The van der Waals surface area contributed by atoms with Gasteiger partial charge in [0.1, 0.15) is 5.57 Å². The van der Waals surface area contributed by atoms with Crippen molar-refractivity contribution in [3.63, 3.8) is 0 Å². The number of halogens is 1. The van der Waals surface area contributed by atoms with Crippen molar-refractivity contribution in [2.24, 2.45) is 0 Å². The first-order valence-electron chi connectivity index (χ1n) is 11.3. The first-order chi connectivity index (χ1) is 16.0. The summed E-state index contributed by atoms with van der Waals surface area (Å²) in [5.41, 5.74) is 4.73. The molecule has 0 radical (unpaired) electrons. The van der Waals surface area contributed by atoms with Gasteiger partial charge in [-0.25, -0.2) is 9.69 Å². The number of urea groups is 1. The molecular weight excluding hydrogens is 450 g/mol. The highest BCUT2D eigenvalue weighted by Gasteiger charge is 2.37. The lowest BCUT2D eigenvalue weighted by atomic mass is 9.87. The van der Waals surface area contributed by atoms with Gasteiger partial charge in [-0.15, -0.1) is 0 Å². The summed E-state index contributed by atoms with van der Waals surface area (Å²) < 4.78 is 0. The lowest BCUT2D eigenvalue weighted by Gasteiger charge is -2.43. The van der Waals surface area contributed by atoms with Gasteiger partial charge in [0.05, 0.1) is 11.2 Å². The average Bonchev–Trinajstić information content (AvgIpc) is 2.75. The molecule has 4 amide bonds. The van der Waals surface area contributed by atoms with E-state index in [0.29, 0.717) is 16.3 Å². The van der Waals surface area contributed by atoms with E-state index in [9.17, 15) is 14.4 Å². The molecule has 2 heterocycles. The van der Waals surface area contributed by atoms with Crippen LogP contribution in [0.15, 0.2) is 48.0 Å². The minimum Gasteiger partial charge on any atom is -0.362 e. The summed E-state index contributed by atoms with van der Waals surface area (Å²) in [5.74, 6) is -1.43. The number of nitrogens with one attached hydrogen (secondary N) is 1. The van der Waals surface area contributed by atoms with Gasteiger partial charge < -0.3 is 4.90 Å². The minimum absolute atomic E-state index is 0.148. The van der Waals surface area contributed by atoms with Crippen LogP contribution in [-0.4, -0.2) is 29.9 Å². The van der Waals surface area contributed by atoms with Crippen LogP contribution in [0.1, 0.15) is 50.8 Å². The van der Waals surface area contributed by atoms with Gasteiger partial charge in [-0.05, 0) is 75.6 Å². The van der Waals surface area contributed by atoms with Crippen LogP contribution >= 0.6 is 11.6 Å². The van der Waals surface area contributed by atoms with E-state index in [1.165, 1.54) is 6.08 Å². The Morgan fingerprint density at radius 1 is 1.06 bits per heavy atom. The Morgan fingerprint density at radius 2 is 1.74 bits per heavy atom. The largest absolute Gasteiger partial charge is 0.362 e. The van der Waals surface area contributed by atoms with Gasteiger partial charge in [0.25, 0.3) is 11.8 Å². The smallest absolute Gasteiger partial charge is 0.335 e. The first kappa shape index (κ1) is 23.8. The number of anilines is 2. The number of nitrogens with zero attached hydrogens (tertiary/aromatic N) is 2. The normalized spacial score (nSPS) is 18.7. The van der Waals surface area contributed by atoms with Gasteiger partial charge in [-0.3, -0.25) is 14.9 Å². The predicted octanol–water partition coefficient (Wildman–Crippen LogP) is 5.73. The molecule has 6 nitrogen and oxygen atoms in total. The number of barbiturate groups is 1. The van der Waals surface area contributed by atoms with Crippen LogP contribution in [0.25, 0.3) is 11.6 Å². The fourth-order valence-electron chi connectivity index (χ4n) is 4.60. The van der Waals surface area contributed by atoms with Crippen LogP contribution in [-0.2, 0) is 9.59 Å². The topological polar surface area (TPSA) is 69.7 Å². The van der Waals surface area contributed by atoms with Gasteiger partial charge in [0.2, 0.25) is 0 Å². The third-order valence-corrected chi connectivity index (χ3v) is 6.56. The molecule has 1 fully saturated rings. The Morgan fingerprint density at radius 3 is 2.38 bits per heavy atom. The van der Waals surface area contributed by atoms with Gasteiger partial charge in [0, 0.05) is 22.8 Å². The van der Waals surface area contributed by atoms with Crippen LogP contribution in [0.2, 0.25) is 5.02 Å². The molecule has 176 valence electrons. The summed E-state index contributed by atoms with van der Waals surface area (Å²) in [6.07, 6.45) is 4.66. The number of fused-ring (bicyclic) bond motifs is 1. The highest BCUT2D eigenvalue weighted by Crippen LogP contribution is 2.42. The maximum atomic E-state index is 13.2. The van der Waals surface area contributed by atoms with Crippen molar-refractivity contribution in [3.05, 3.63) is 69.8 Å². The van der Waals surface area contributed by atoms with Crippen LogP contribution in [0.5, 0.6) is 0 Å². The number of rotatable bonds is 4. The minimum atomic E-state index is -0.774. The predicted molar refractivity (Wildman–Crippen MR) is 137 cm³/mol. The molecule has 0 spiro atoms. The maximum Gasteiger partial charge on any atom is 0.335 e. The molecule has 0 atom stereocenters. The Balaban J connectivity index is 1.78. The number of allylic oxidation sites excluding steroid dienone is 1. The number of benzene rings is 2. The average molecular weight is 478 g/mol. The molecule has 0 unspecified atom stereocenters. The van der Waals surface area contributed by atoms with Crippen molar-refractivity contribution < 1.29 is 14.4 Å². The summed E-state index contributed by atoms with van der Waals surface area (Å²) in [6, 6.07) is 9.97. The molecule has 2 aromatic carbocycles. The van der Waals surface area contributed by atoms with Crippen molar-refractivity contribution in [1.29, 1.82) is 0 Å². The second kappa shape index (κ2) is 8.76. The van der Waals surface area contributed by atoms with E-state index in [1.54, 1.807) is 24.3 Å². The lowest BCUT2D eigenvalue weighted by molar-refractivity contribution is -0.122. The maximum absolute atomic E-state index is 13.2. The number of carbonyl (C=O) groups is 3. The molecule has 34 heavy (non-hydrogen) atoms. The van der Waals surface area contributed by atoms with Crippen LogP contribution in [0, 0.1) is 6.92 Å². The molecular formula is C27H28ClN3O3. The number of imide groups is 2. The molecule has 0 aliphatic carbocycles. The van der Waals surface area contributed by atoms with Crippen molar-refractivity contribution in [2.75, 3.05) is 16.3 Å². The molecule has 7 heteroatoms. The SMILES string of the molecule is CCCN1c2cc(Cl)c(/C=C3/C(=O)NC(=O)N(c4ccc(C)cc4)C3=O)cc2C(C)=CC1(C)C. The van der Waals surface area contributed by atoms with Gasteiger partial charge >= 0.3 is 6.03 Å². The molecule has 1 saturated heterocycles. The Hall–Kier alpha value is -3.38. The highest BCUT2D eigenvalue weighted by molar-refractivity contribution is 6.40. The zero-order valence-corrected chi connectivity index (χ0v) is 20.8. The third-order valence-electron chi connectivity index (χ3n) is 6.24. The molecule has 2 aliphatic heterocycles. The van der Waals surface area contributed by atoms with Crippen LogP contribution < -0.4 is 15.1 Å². The van der Waals surface area contributed by atoms with E-state index >= 15 is 0 Å². The number of aryl methyl sites for hydroxylation is 1. The molecule has 0 aromatic heterocycles. The second-order valence-electron chi connectivity index (χ2n) is 9.32. The molecule has 1 N–H and O–H groups in total. The van der Waals surface area contributed by atoms with Crippen molar-refractivity contribution in [3.8, 4) is 0 Å².